The molecule has 3 heteroatoms. The standard InChI is InChI=1S/C10H17N3/c1-10(2)9-6-12-5-8(9)7-13(10)4-3-11/h8-9,12H,4-7H2,1-2H3. The van der Waals surface area contributed by atoms with Crippen LogP contribution >= 0.6 is 0 Å². The van der Waals surface area contributed by atoms with Gasteiger partial charge in [0.25, 0.3) is 0 Å². The van der Waals surface area contributed by atoms with E-state index in [1.165, 1.54) is 0 Å². The summed E-state index contributed by atoms with van der Waals surface area (Å²) in [5.41, 5.74) is 0.212. The van der Waals surface area contributed by atoms with Crippen LogP contribution in [0.2, 0.25) is 0 Å². The summed E-state index contributed by atoms with van der Waals surface area (Å²) in [6, 6.07) is 2.26. The van der Waals surface area contributed by atoms with Crippen molar-refractivity contribution >= 4 is 0 Å². The van der Waals surface area contributed by atoms with Crippen molar-refractivity contribution in [3.8, 4) is 6.07 Å². The van der Waals surface area contributed by atoms with Gasteiger partial charge in [0.1, 0.15) is 0 Å². The summed E-state index contributed by atoms with van der Waals surface area (Å²) in [6.45, 7) is 8.47. The van der Waals surface area contributed by atoms with E-state index in [2.05, 4.69) is 30.1 Å². The number of hydrogen-bond donors (Lipinski definition) is 1. The molecule has 2 unspecified atom stereocenters. The van der Waals surface area contributed by atoms with Crippen molar-refractivity contribution in [3.05, 3.63) is 0 Å². The van der Waals surface area contributed by atoms with Crippen LogP contribution < -0.4 is 5.32 Å². The van der Waals surface area contributed by atoms with Crippen LogP contribution in [0.4, 0.5) is 0 Å². The van der Waals surface area contributed by atoms with E-state index < -0.39 is 0 Å². The minimum absolute atomic E-state index is 0.212. The number of likely N-dealkylation sites (tertiary alicyclic amines) is 1. The fourth-order valence-electron chi connectivity index (χ4n) is 2.86. The summed E-state index contributed by atoms with van der Waals surface area (Å²) in [6.07, 6.45) is 0. The molecule has 1 N–H and O–H groups in total. The Morgan fingerprint density at radius 2 is 2.31 bits per heavy atom. The summed E-state index contributed by atoms with van der Waals surface area (Å²) in [7, 11) is 0. The molecule has 0 bridgehead atoms. The molecule has 72 valence electrons. The molecule has 2 rings (SSSR count). The first kappa shape index (κ1) is 8.98. The van der Waals surface area contributed by atoms with Gasteiger partial charge in [-0.15, -0.1) is 0 Å². The molecule has 2 atom stereocenters. The predicted octanol–water partition coefficient (Wildman–Crippen LogP) is 0.440. The molecule has 2 aliphatic heterocycles. The van der Waals surface area contributed by atoms with Crippen molar-refractivity contribution in [1.29, 1.82) is 5.26 Å². The van der Waals surface area contributed by atoms with Crippen molar-refractivity contribution in [2.45, 2.75) is 19.4 Å². The van der Waals surface area contributed by atoms with Gasteiger partial charge in [-0.05, 0) is 32.2 Å². The lowest BCUT2D eigenvalue weighted by molar-refractivity contribution is 0.157. The number of hydrogen-bond acceptors (Lipinski definition) is 3. The predicted molar refractivity (Wildman–Crippen MR) is 51.1 cm³/mol. The second-order valence-electron chi connectivity index (χ2n) is 4.72. The minimum Gasteiger partial charge on any atom is -0.316 e. The van der Waals surface area contributed by atoms with Crippen molar-refractivity contribution in [2.75, 3.05) is 26.2 Å². The van der Waals surface area contributed by atoms with Gasteiger partial charge in [0.15, 0.2) is 0 Å². The smallest absolute Gasteiger partial charge is 0.0870 e. The highest BCUT2D eigenvalue weighted by Gasteiger charge is 2.49. The van der Waals surface area contributed by atoms with E-state index in [9.17, 15) is 0 Å². The topological polar surface area (TPSA) is 39.1 Å². The van der Waals surface area contributed by atoms with Gasteiger partial charge in [0, 0.05) is 18.6 Å². The molecule has 0 amide bonds. The molecule has 3 nitrogen and oxygen atoms in total. The van der Waals surface area contributed by atoms with E-state index in [1.54, 1.807) is 0 Å². The maximum absolute atomic E-state index is 8.71. The summed E-state index contributed by atoms with van der Waals surface area (Å²) in [5.74, 6) is 1.50. The maximum Gasteiger partial charge on any atom is 0.0870 e. The second-order valence-corrected chi connectivity index (χ2v) is 4.72. The number of rotatable bonds is 1. The molecular weight excluding hydrogens is 162 g/mol. The SMILES string of the molecule is CC1(C)C2CNCC2CN1CC#N. The van der Waals surface area contributed by atoms with Gasteiger partial charge < -0.3 is 5.32 Å². The van der Waals surface area contributed by atoms with E-state index in [0.29, 0.717) is 6.54 Å². The number of fused-ring (bicyclic) bond motifs is 1. The van der Waals surface area contributed by atoms with Crippen LogP contribution in [-0.2, 0) is 0 Å². The number of nitriles is 1. The van der Waals surface area contributed by atoms with Gasteiger partial charge in [0.05, 0.1) is 12.6 Å². The molecule has 2 heterocycles. The molecule has 0 aromatic rings. The normalized spacial score (nSPS) is 37.3. The number of nitrogens with zero attached hydrogens (tertiary/aromatic N) is 2. The lowest BCUT2D eigenvalue weighted by Gasteiger charge is -2.33. The van der Waals surface area contributed by atoms with Crippen LogP contribution in [0.3, 0.4) is 0 Å². The van der Waals surface area contributed by atoms with Crippen LogP contribution in [0, 0.1) is 23.2 Å². The van der Waals surface area contributed by atoms with E-state index in [-0.39, 0.29) is 5.54 Å². The van der Waals surface area contributed by atoms with Gasteiger partial charge in [-0.1, -0.05) is 0 Å². The highest BCUT2D eigenvalue weighted by atomic mass is 15.2. The third-order valence-electron chi connectivity index (χ3n) is 3.78. The van der Waals surface area contributed by atoms with Gasteiger partial charge in [-0.25, -0.2) is 0 Å². The largest absolute Gasteiger partial charge is 0.316 e. The summed E-state index contributed by atoms with van der Waals surface area (Å²) >= 11 is 0. The molecule has 0 radical (unpaired) electrons. The quantitative estimate of drug-likeness (QED) is 0.594. The van der Waals surface area contributed by atoms with Crippen molar-refractivity contribution in [3.63, 3.8) is 0 Å². The van der Waals surface area contributed by atoms with E-state index in [4.69, 9.17) is 5.26 Å². The first-order valence-electron chi connectivity index (χ1n) is 4.99. The van der Waals surface area contributed by atoms with Crippen LogP contribution in [0.5, 0.6) is 0 Å². The van der Waals surface area contributed by atoms with Gasteiger partial charge >= 0.3 is 0 Å². The van der Waals surface area contributed by atoms with Gasteiger partial charge in [-0.2, -0.15) is 5.26 Å². The average molecular weight is 179 g/mol. The lowest BCUT2D eigenvalue weighted by atomic mass is 9.85. The molecule has 0 aromatic carbocycles. The Kier molecular flexibility index (Phi) is 2.05. The molecule has 0 aromatic heterocycles. The Morgan fingerprint density at radius 3 is 2.92 bits per heavy atom. The first-order chi connectivity index (χ1) is 6.16. The van der Waals surface area contributed by atoms with Gasteiger partial charge in [0.2, 0.25) is 0 Å². The monoisotopic (exact) mass is 179 g/mol. The molecular formula is C10H17N3. The Balaban J connectivity index is 2.14. The van der Waals surface area contributed by atoms with E-state index in [1.807, 2.05) is 0 Å². The molecule has 2 saturated heterocycles. The van der Waals surface area contributed by atoms with Crippen molar-refractivity contribution < 1.29 is 0 Å². The first-order valence-corrected chi connectivity index (χ1v) is 4.99. The lowest BCUT2D eigenvalue weighted by Crippen LogP contribution is -2.44. The molecule has 2 fully saturated rings. The Hall–Kier alpha value is -0.590. The van der Waals surface area contributed by atoms with Crippen LogP contribution in [0.25, 0.3) is 0 Å². The fourth-order valence-corrected chi connectivity index (χ4v) is 2.86. The molecule has 0 saturated carbocycles. The summed E-state index contributed by atoms with van der Waals surface area (Å²) < 4.78 is 0. The van der Waals surface area contributed by atoms with E-state index in [0.717, 1.165) is 31.5 Å². The second kappa shape index (κ2) is 2.97. The zero-order valence-corrected chi connectivity index (χ0v) is 8.38. The molecule has 0 aliphatic carbocycles. The van der Waals surface area contributed by atoms with Crippen LogP contribution in [0.1, 0.15) is 13.8 Å². The summed E-state index contributed by atoms with van der Waals surface area (Å²) in [4.78, 5) is 2.32. The maximum atomic E-state index is 8.71. The third kappa shape index (κ3) is 1.25. The summed E-state index contributed by atoms with van der Waals surface area (Å²) in [5, 5.41) is 12.1. The molecule has 2 aliphatic rings. The highest BCUT2D eigenvalue weighted by Crippen LogP contribution is 2.39. The van der Waals surface area contributed by atoms with Crippen LogP contribution in [0.15, 0.2) is 0 Å². The average Bonchev–Trinajstić information content (AvgIpc) is 2.58. The highest BCUT2D eigenvalue weighted by molar-refractivity contribution is 5.06. The Bertz CT molecular complexity index is 241. The van der Waals surface area contributed by atoms with Crippen LogP contribution in [-0.4, -0.2) is 36.6 Å². The Morgan fingerprint density at radius 1 is 1.54 bits per heavy atom. The Labute approximate surface area is 79.7 Å². The molecule has 13 heavy (non-hydrogen) atoms. The molecule has 0 spiro atoms. The zero-order valence-electron chi connectivity index (χ0n) is 8.38. The van der Waals surface area contributed by atoms with Crippen molar-refractivity contribution in [1.82, 2.24) is 10.2 Å². The zero-order chi connectivity index (χ0) is 9.47. The third-order valence-corrected chi connectivity index (χ3v) is 3.78. The fraction of sp³-hybridized carbons (Fsp3) is 0.900. The number of nitrogens with one attached hydrogen (secondary N) is 1. The van der Waals surface area contributed by atoms with Gasteiger partial charge in [-0.3, -0.25) is 4.90 Å². The van der Waals surface area contributed by atoms with E-state index >= 15 is 0 Å². The van der Waals surface area contributed by atoms with Crippen molar-refractivity contribution in [2.24, 2.45) is 11.8 Å². The minimum atomic E-state index is 0.212.